The van der Waals surface area contributed by atoms with Crippen molar-refractivity contribution in [1.29, 1.82) is 0 Å². The molecule has 2 unspecified atom stereocenters. The van der Waals surface area contributed by atoms with Crippen LogP contribution in [0.5, 0.6) is 0 Å². The normalized spacial score (nSPS) is 14.1. The first-order valence-corrected chi connectivity index (χ1v) is 7.70. The van der Waals surface area contributed by atoms with E-state index in [9.17, 15) is 5.11 Å². The number of hydrogen-bond acceptors (Lipinski definition) is 4. The SMILES string of the molecule is CC(NCC(O)COCc1cccs1)c1ccccc1. The molecule has 0 aliphatic rings. The van der Waals surface area contributed by atoms with Crippen LogP contribution in [0, 0.1) is 0 Å². The van der Waals surface area contributed by atoms with Gasteiger partial charge in [-0.05, 0) is 23.9 Å². The number of aliphatic hydroxyl groups excluding tert-OH is 1. The van der Waals surface area contributed by atoms with Gasteiger partial charge in [-0.25, -0.2) is 0 Å². The van der Waals surface area contributed by atoms with Crippen molar-refractivity contribution in [1.82, 2.24) is 5.32 Å². The Bertz CT molecular complexity index is 472. The maximum Gasteiger partial charge on any atom is 0.0898 e. The highest BCUT2D eigenvalue weighted by molar-refractivity contribution is 7.09. The standard InChI is InChI=1S/C16H21NO2S/c1-13(14-6-3-2-4-7-14)17-10-15(18)11-19-12-16-8-5-9-20-16/h2-9,13,15,17-18H,10-12H2,1H3. The van der Waals surface area contributed by atoms with Crippen LogP contribution in [0.1, 0.15) is 23.4 Å². The van der Waals surface area contributed by atoms with Gasteiger partial charge in [0.15, 0.2) is 0 Å². The van der Waals surface area contributed by atoms with E-state index in [2.05, 4.69) is 24.4 Å². The van der Waals surface area contributed by atoms with Gasteiger partial charge < -0.3 is 15.2 Å². The van der Waals surface area contributed by atoms with Crippen LogP contribution >= 0.6 is 11.3 Å². The summed E-state index contributed by atoms with van der Waals surface area (Å²) in [5.74, 6) is 0. The fourth-order valence-corrected chi connectivity index (χ4v) is 2.56. The van der Waals surface area contributed by atoms with Crippen molar-refractivity contribution in [2.45, 2.75) is 25.7 Å². The van der Waals surface area contributed by atoms with Crippen molar-refractivity contribution in [2.24, 2.45) is 0 Å². The molecule has 2 rings (SSSR count). The zero-order chi connectivity index (χ0) is 14.2. The molecule has 0 spiro atoms. The number of rotatable bonds is 8. The van der Waals surface area contributed by atoms with Crippen LogP contribution in [-0.2, 0) is 11.3 Å². The van der Waals surface area contributed by atoms with E-state index in [0.717, 1.165) is 0 Å². The van der Waals surface area contributed by atoms with Gasteiger partial charge in [0.2, 0.25) is 0 Å². The fraction of sp³-hybridized carbons (Fsp3) is 0.375. The van der Waals surface area contributed by atoms with Gasteiger partial charge in [0.05, 0.1) is 19.3 Å². The van der Waals surface area contributed by atoms with Crippen LogP contribution < -0.4 is 5.32 Å². The molecule has 3 nitrogen and oxygen atoms in total. The maximum absolute atomic E-state index is 9.89. The predicted octanol–water partition coefficient (Wildman–Crippen LogP) is 2.98. The van der Waals surface area contributed by atoms with Crippen LogP contribution in [0.4, 0.5) is 0 Å². The average Bonchev–Trinajstić information content (AvgIpc) is 2.99. The highest BCUT2D eigenvalue weighted by atomic mass is 32.1. The summed E-state index contributed by atoms with van der Waals surface area (Å²) in [5, 5.41) is 15.2. The third-order valence-electron chi connectivity index (χ3n) is 3.09. The highest BCUT2D eigenvalue weighted by Gasteiger charge is 2.08. The highest BCUT2D eigenvalue weighted by Crippen LogP contribution is 2.11. The van der Waals surface area contributed by atoms with Gasteiger partial charge in [0, 0.05) is 17.5 Å². The molecule has 1 aromatic heterocycles. The molecule has 0 fully saturated rings. The average molecular weight is 291 g/mol. The van der Waals surface area contributed by atoms with Crippen molar-refractivity contribution >= 4 is 11.3 Å². The Morgan fingerprint density at radius 1 is 1.20 bits per heavy atom. The smallest absolute Gasteiger partial charge is 0.0898 e. The van der Waals surface area contributed by atoms with E-state index in [0.29, 0.717) is 19.8 Å². The third-order valence-corrected chi connectivity index (χ3v) is 3.94. The Morgan fingerprint density at radius 2 is 2.00 bits per heavy atom. The minimum absolute atomic E-state index is 0.225. The van der Waals surface area contributed by atoms with E-state index in [1.54, 1.807) is 11.3 Å². The van der Waals surface area contributed by atoms with Gasteiger partial charge in [-0.15, -0.1) is 11.3 Å². The lowest BCUT2D eigenvalue weighted by Gasteiger charge is -2.17. The van der Waals surface area contributed by atoms with E-state index in [1.165, 1.54) is 10.4 Å². The number of ether oxygens (including phenoxy) is 1. The Balaban J connectivity index is 1.63. The van der Waals surface area contributed by atoms with E-state index >= 15 is 0 Å². The Morgan fingerprint density at radius 3 is 2.70 bits per heavy atom. The molecule has 0 radical (unpaired) electrons. The molecule has 1 aromatic carbocycles. The first-order chi connectivity index (χ1) is 9.75. The van der Waals surface area contributed by atoms with E-state index in [1.807, 2.05) is 35.7 Å². The lowest BCUT2D eigenvalue weighted by atomic mass is 10.1. The molecule has 4 heteroatoms. The molecule has 0 saturated carbocycles. The molecule has 2 atom stereocenters. The summed E-state index contributed by atoms with van der Waals surface area (Å²) in [7, 11) is 0. The van der Waals surface area contributed by atoms with Crippen molar-refractivity contribution in [3.63, 3.8) is 0 Å². The Hall–Kier alpha value is -1.20. The van der Waals surface area contributed by atoms with Crippen LogP contribution in [0.25, 0.3) is 0 Å². The topological polar surface area (TPSA) is 41.5 Å². The second-order valence-electron chi connectivity index (χ2n) is 4.79. The molecule has 0 amide bonds. The maximum atomic E-state index is 9.89. The summed E-state index contributed by atoms with van der Waals surface area (Å²) in [6, 6.07) is 14.5. The molecule has 108 valence electrons. The molecule has 2 aromatic rings. The zero-order valence-electron chi connectivity index (χ0n) is 11.7. The number of aliphatic hydroxyl groups is 1. The van der Waals surface area contributed by atoms with Crippen LogP contribution in [0.3, 0.4) is 0 Å². The first kappa shape index (κ1) is 15.2. The molecule has 0 aliphatic heterocycles. The van der Waals surface area contributed by atoms with Crippen molar-refractivity contribution in [2.75, 3.05) is 13.2 Å². The summed E-state index contributed by atoms with van der Waals surface area (Å²) in [6.45, 7) is 3.55. The monoisotopic (exact) mass is 291 g/mol. The van der Waals surface area contributed by atoms with Gasteiger partial charge in [0.1, 0.15) is 0 Å². The lowest BCUT2D eigenvalue weighted by molar-refractivity contribution is 0.0288. The fourth-order valence-electron chi connectivity index (χ4n) is 1.92. The van der Waals surface area contributed by atoms with E-state index in [-0.39, 0.29) is 6.04 Å². The molecule has 20 heavy (non-hydrogen) atoms. The molecule has 0 saturated heterocycles. The Kier molecular flexibility index (Phi) is 6.21. The second-order valence-corrected chi connectivity index (χ2v) is 5.82. The Labute approximate surface area is 124 Å². The summed E-state index contributed by atoms with van der Waals surface area (Å²) in [4.78, 5) is 1.18. The van der Waals surface area contributed by atoms with Gasteiger partial charge in [-0.2, -0.15) is 0 Å². The van der Waals surface area contributed by atoms with E-state index < -0.39 is 6.10 Å². The van der Waals surface area contributed by atoms with Gasteiger partial charge in [-0.1, -0.05) is 36.4 Å². The molecular formula is C16H21NO2S. The summed E-state index contributed by atoms with van der Waals surface area (Å²) >= 11 is 1.67. The summed E-state index contributed by atoms with van der Waals surface area (Å²) < 4.78 is 5.50. The number of benzene rings is 1. The van der Waals surface area contributed by atoms with Gasteiger partial charge >= 0.3 is 0 Å². The first-order valence-electron chi connectivity index (χ1n) is 6.82. The third kappa shape index (κ3) is 5.06. The minimum atomic E-state index is -0.485. The largest absolute Gasteiger partial charge is 0.389 e. The van der Waals surface area contributed by atoms with Crippen molar-refractivity contribution < 1.29 is 9.84 Å². The minimum Gasteiger partial charge on any atom is -0.389 e. The van der Waals surface area contributed by atoms with Crippen LogP contribution in [0.2, 0.25) is 0 Å². The zero-order valence-corrected chi connectivity index (χ0v) is 12.5. The van der Waals surface area contributed by atoms with Crippen LogP contribution in [0.15, 0.2) is 47.8 Å². The van der Waals surface area contributed by atoms with Crippen molar-refractivity contribution in [3.8, 4) is 0 Å². The number of thiophene rings is 1. The number of nitrogens with one attached hydrogen (secondary N) is 1. The summed E-state index contributed by atoms with van der Waals surface area (Å²) in [5.41, 5.74) is 1.22. The lowest BCUT2D eigenvalue weighted by Crippen LogP contribution is -2.32. The number of hydrogen-bond donors (Lipinski definition) is 2. The summed E-state index contributed by atoms with van der Waals surface area (Å²) in [6.07, 6.45) is -0.485. The second kappa shape index (κ2) is 8.17. The molecule has 2 N–H and O–H groups in total. The molecule has 0 aliphatic carbocycles. The molecule has 1 heterocycles. The molecular weight excluding hydrogens is 270 g/mol. The van der Waals surface area contributed by atoms with Crippen LogP contribution in [-0.4, -0.2) is 24.4 Å². The predicted molar refractivity (Wildman–Crippen MR) is 82.8 cm³/mol. The van der Waals surface area contributed by atoms with Gasteiger partial charge in [0.25, 0.3) is 0 Å². The van der Waals surface area contributed by atoms with E-state index in [4.69, 9.17) is 4.74 Å². The molecule has 0 bridgehead atoms. The van der Waals surface area contributed by atoms with Gasteiger partial charge in [-0.3, -0.25) is 0 Å². The van der Waals surface area contributed by atoms with Crippen molar-refractivity contribution in [3.05, 3.63) is 58.3 Å². The quantitative estimate of drug-likeness (QED) is 0.785.